The minimum absolute atomic E-state index is 0.321. The molecule has 1 aromatic carbocycles. The van der Waals surface area contributed by atoms with Crippen molar-refractivity contribution in [3.8, 4) is 0 Å². The molecule has 1 aliphatic heterocycles. The number of carbonyl (C=O) groups is 1. The van der Waals surface area contributed by atoms with Crippen molar-refractivity contribution in [3.05, 3.63) is 35.9 Å². The number of carbonyl (C=O) groups excluding carboxylic acids is 1. The van der Waals surface area contributed by atoms with Gasteiger partial charge in [0.05, 0.1) is 18.2 Å². The fraction of sp³-hybridized carbons (Fsp3) is 0.444. The zero-order chi connectivity index (χ0) is 16.2. The van der Waals surface area contributed by atoms with Crippen LogP contribution in [0, 0.1) is 0 Å². The van der Waals surface area contributed by atoms with E-state index in [-0.39, 0.29) is 5.97 Å². The van der Waals surface area contributed by atoms with E-state index in [4.69, 9.17) is 9.72 Å². The minimum atomic E-state index is -0.321. The van der Waals surface area contributed by atoms with Crippen molar-refractivity contribution in [1.29, 1.82) is 0 Å². The SMILES string of the molecule is COC(=O)c1ccc2nc(N(C)CCN3CCCC3)ccc2c1. The van der Waals surface area contributed by atoms with Crippen LogP contribution in [0.5, 0.6) is 0 Å². The van der Waals surface area contributed by atoms with Gasteiger partial charge < -0.3 is 14.5 Å². The molecular weight excluding hydrogens is 290 g/mol. The maximum Gasteiger partial charge on any atom is 0.337 e. The number of benzene rings is 1. The van der Waals surface area contributed by atoms with E-state index in [1.165, 1.54) is 33.0 Å². The van der Waals surface area contributed by atoms with Crippen LogP contribution in [-0.2, 0) is 4.74 Å². The number of aromatic nitrogens is 1. The summed E-state index contributed by atoms with van der Waals surface area (Å²) in [7, 11) is 3.47. The Balaban J connectivity index is 1.72. The zero-order valence-corrected chi connectivity index (χ0v) is 13.8. The van der Waals surface area contributed by atoms with Crippen LogP contribution in [0.1, 0.15) is 23.2 Å². The predicted octanol–water partition coefficient (Wildman–Crippen LogP) is 2.55. The fourth-order valence-electron chi connectivity index (χ4n) is 2.98. The number of hydrogen-bond donors (Lipinski definition) is 0. The van der Waals surface area contributed by atoms with Crippen LogP contribution in [0.3, 0.4) is 0 Å². The third-order valence-electron chi connectivity index (χ3n) is 4.44. The van der Waals surface area contributed by atoms with Gasteiger partial charge in [0.15, 0.2) is 0 Å². The maximum absolute atomic E-state index is 11.6. The normalized spacial score (nSPS) is 15.0. The van der Waals surface area contributed by atoms with Gasteiger partial charge in [-0.05, 0) is 56.3 Å². The molecule has 0 saturated carbocycles. The van der Waals surface area contributed by atoms with Crippen molar-refractivity contribution in [3.63, 3.8) is 0 Å². The monoisotopic (exact) mass is 313 g/mol. The lowest BCUT2D eigenvalue weighted by Crippen LogP contribution is -2.31. The molecule has 0 bridgehead atoms. The summed E-state index contributed by atoms with van der Waals surface area (Å²) in [5.74, 6) is 0.640. The molecule has 1 saturated heterocycles. The van der Waals surface area contributed by atoms with Crippen molar-refractivity contribution in [2.45, 2.75) is 12.8 Å². The molecule has 1 fully saturated rings. The van der Waals surface area contributed by atoms with Gasteiger partial charge in [0.25, 0.3) is 0 Å². The molecule has 1 aliphatic rings. The largest absolute Gasteiger partial charge is 0.465 e. The van der Waals surface area contributed by atoms with Gasteiger partial charge in [-0.15, -0.1) is 0 Å². The number of hydrogen-bond acceptors (Lipinski definition) is 5. The Labute approximate surface area is 136 Å². The van der Waals surface area contributed by atoms with Crippen LogP contribution in [-0.4, -0.2) is 56.2 Å². The van der Waals surface area contributed by atoms with Crippen LogP contribution < -0.4 is 4.90 Å². The number of rotatable bonds is 5. The highest BCUT2D eigenvalue weighted by Crippen LogP contribution is 2.19. The number of fused-ring (bicyclic) bond motifs is 1. The van der Waals surface area contributed by atoms with Gasteiger partial charge in [-0.2, -0.15) is 0 Å². The lowest BCUT2D eigenvalue weighted by molar-refractivity contribution is 0.0601. The molecular formula is C18H23N3O2. The van der Waals surface area contributed by atoms with Gasteiger partial charge in [-0.1, -0.05) is 0 Å². The van der Waals surface area contributed by atoms with Crippen molar-refractivity contribution >= 4 is 22.7 Å². The third-order valence-corrected chi connectivity index (χ3v) is 4.44. The molecule has 1 aromatic heterocycles. The van der Waals surface area contributed by atoms with E-state index in [2.05, 4.69) is 16.8 Å². The van der Waals surface area contributed by atoms with Gasteiger partial charge in [0, 0.05) is 25.5 Å². The second-order valence-corrected chi connectivity index (χ2v) is 6.04. The zero-order valence-electron chi connectivity index (χ0n) is 13.8. The summed E-state index contributed by atoms with van der Waals surface area (Å²) in [6, 6.07) is 9.47. The standard InChI is InChI=1S/C18H23N3O2/c1-20(11-12-21-9-3-4-10-21)17-8-6-14-13-15(18(22)23-2)5-7-16(14)19-17/h5-8,13H,3-4,9-12H2,1-2H3. The van der Waals surface area contributed by atoms with Crippen molar-refractivity contribution < 1.29 is 9.53 Å². The summed E-state index contributed by atoms with van der Waals surface area (Å²) >= 11 is 0. The van der Waals surface area contributed by atoms with E-state index in [0.29, 0.717) is 5.56 Å². The van der Waals surface area contributed by atoms with Crippen LogP contribution in [0.4, 0.5) is 5.82 Å². The molecule has 2 heterocycles. The Morgan fingerprint density at radius 2 is 2.04 bits per heavy atom. The number of methoxy groups -OCH3 is 1. The summed E-state index contributed by atoms with van der Waals surface area (Å²) in [6.45, 7) is 4.49. The van der Waals surface area contributed by atoms with Gasteiger partial charge in [0.2, 0.25) is 0 Å². The first-order chi connectivity index (χ1) is 11.2. The average Bonchev–Trinajstić information content (AvgIpc) is 3.11. The molecule has 0 atom stereocenters. The molecule has 3 rings (SSSR count). The Kier molecular flexibility index (Phi) is 4.76. The molecule has 0 radical (unpaired) electrons. The summed E-state index contributed by atoms with van der Waals surface area (Å²) in [4.78, 5) is 21.0. The molecule has 0 N–H and O–H groups in total. The number of pyridine rings is 1. The molecule has 5 nitrogen and oxygen atoms in total. The molecule has 0 aliphatic carbocycles. The number of esters is 1. The first-order valence-corrected chi connectivity index (χ1v) is 8.10. The first-order valence-electron chi connectivity index (χ1n) is 8.10. The highest BCUT2D eigenvalue weighted by molar-refractivity contribution is 5.94. The minimum Gasteiger partial charge on any atom is -0.465 e. The molecule has 2 aromatic rings. The van der Waals surface area contributed by atoms with E-state index >= 15 is 0 Å². The number of likely N-dealkylation sites (tertiary alicyclic amines) is 1. The fourth-order valence-corrected chi connectivity index (χ4v) is 2.98. The van der Waals surface area contributed by atoms with E-state index in [1.807, 2.05) is 24.3 Å². The molecule has 5 heteroatoms. The van der Waals surface area contributed by atoms with E-state index in [1.54, 1.807) is 6.07 Å². The van der Waals surface area contributed by atoms with E-state index in [0.717, 1.165) is 29.8 Å². The van der Waals surface area contributed by atoms with Crippen molar-refractivity contribution in [1.82, 2.24) is 9.88 Å². The summed E-state index contributed by atoms with van der Waals surface area (Å²) in [5.41, 5.74) is 1.44. The maximum atomic E-state index is 11.6. The first kappa shape index (κ1) is 15.7. The van der Waals surface area contributed by atoms with Gasteiger partial charge in [-0.3, -0.25) is 0 Å². The third kappa shape index (κ3) is 3.62. The molecule has 0 unspecified atom stereocenters. The molecule has 122 valence electrons. The Morgan fingerprint density at radius 3 is 2.78 bits per heavy atom. The number of anilines is 1. The second-order valence-electron chi connectivity index (χ2n) is 6.04. The van der Waals surface area contributed by atoms with Crippen LogP contribution in [0.25, 0.3) is 10.9 Å². The quantitative estimate of drug-likeness (QED) is 0.794. The molecule has 0 spiro atoms. The van der Waals surface area contributed by atoms with Crippen molar-refractivity contribution in [2.24, 2.45) is 0 Å². The van der Waals surface area contributed by atoms with Gasteiger partial charge in [0.1, 0.15) is 5.82 Å². The lowest BCUT2D eigenvalue weighted by Gasteiger charge is -2.22. The highest BCUT2D eigenvalue weighted by atomic mass is 16.5. The Bertz CT molecular complexity index is 696. The average molecular weight is 313 g/mol. The van der Waals surface area contributed by atoms with Gasteiger partial charge >= 0.3 is 5.97 Å². The Morgan fingerprint density at radius 1 is 1.26 bits per heavy atom. The molecule has 0 amide bonds. The number of likely N-dealkylation sites (N-methyl/N-ethyl adjacent to an activating group) is 1. The van der Waals surface area contributed by atoms with E-state index in [9.17, 15) is 4.79 Å². The number of nitrogens with zero attached hydrogens (tertiary/aromatic N) is 3. The van der Waals surface area contributed by atoms with E-state index < -0.39 is 0 Å². The van der Waals surface area contributed by atoms with Crippen LogP contribution in [0.15, 0.2) is 30.3 Å². The topological polar surface area (TPSA) is 45.7 Å². The molecule has 23 heavy (non-hydrogen) atoms. The predicted molar refractivity (Wildman–Crippen MR) is 92.0 cm³/mol. The highest BCUT2D eigenvalue weighted by Gasteiger charge is 2.13. The van der Waals surface area contributed by atoms with Crippen LogP contribution >= 0.6 is 0 Å². The second kappa shape index (κ2) is 6.96. The summed E-state index contributed by atoms with van der Waals surface area (Å²) < 4.78 is 4.76. The Hall–Kier alpha value is -2.14. The summed E-state index contributed by atoms with van der Waals surface area (Å²) in [5, 5.41) is 0.949. The number of ether oxygens (including phenoxy) is 1. The van der Waals surface area contributed by atoms with Gasteiger partial charge in [-0.25, -0.2) is 9.78 Å². The van der Waals surface area contributed by atoms with Crippen LogP contribution in [0.2, 0.25) is 0 Å². The summed E-state index contributed by atoms with van der Waals surface area (Å²) in [6.07, 6.45) is 2.64. The smallest absolute Gasteiger partial charge is 0.337 e. The van der Waals surface area contributed by atoms with Crippen molar-refractivity contribution in [2.75, 3.05) is 45.2 Å². The lowest BCUT2D eigenvalue weighted by atomic mass is 10.1.